The molecule has 1 unspecified atom stereocenters. The standard InChI is InChI=1S/C16H18ClNOS/c1-18-16(12-6-4-5-7-15(12)20-3)13-10-11(17)8-9-14(13)19-2/h4-10,16,18H,1-3H3. The van der Waals surface area contributed by atoms with E-state index in [1.807, 2.05) is 25.2 Å². The van der Waals surface area contributed by atoms with E-state index in [0.29, 0.717) is 5.02 Å². The number of halogens is 1. The highest BCUT2D eigenvalue weighted by molar-refractivity contribution is 7.98. The largest absolute Gasteiger partial charge is 0.496 e. The molecule has 0 radical (unpaired) electrons. The Morgan fingerprint density at radius 3 is 2.55 bits per heavy atom. The zero-order valence-electron chi connectivity index (χ0n) is 11.8. The molecule has 4 heteroatoms. The normalized spacial score (nSPS) is 12.2. The van der Waals surface area contributed by atoms with Crippen LogP contribution in [0.4, 0.5) is 0 Å². The summed E-state index contributed by atoms with van der Waals surface area (Å²) >= 11 is 7.89. The summed E-state index contributed by atoms with van der Waals surface area (Å²) in [6.45, 7) is 0. The highest BCUT2D eigenvalue weighted by Crippen LogP contribution is 2.35. The average molecular weight is 308 g/mol. The molecule has 0 aliphatic carbocycles. The zero-order valence-corrected chi connectivity index (χ0v) is 13.4. The maximum absolute atomic E-state index is 6.15. The molecule has 0 saturated heterocycles. The first kappa shape index (κ1) is 15.2. The van der Waals surface area contributed by atoms with E-state index in [9.17, 15) is 0 Å². The van der Waals surface area contributed by atoms with Crippen molar-refractivity contribution in [3.63, 3.8) is 0 Å². The molecule has 0 spiro atoms. The molecule has 1 N–H and O–H groups in total. The molecule has 2 nitrogen and oxygen atoms in total. The van der Waals surface area contributed by atoms with Crippen molar-refractivity contribution in [3.8, 4) is 5.75 Å². The van der Waals surface area contributed by atoms with Crippen LogP contribution in [0.1, 0.15) is 17.2 Å². The van der Waals surface area contributed by atoms with Crippen molar-refractivity contribution >= 4 is 23.4 Å². The van der Waals surface area contributed by atoms with Crippen LogP contribution in [0.2, 0.25) is 5.02 Å². The number of hydrogen-bond acceptors (Lipinski definition) is 3. The molecule has 0 aliphatic rings. The van der Waals surface area contributed by atoms with Gasteiger partial charge in [0.1, 0.15) is 5.75 Å². The predicted molar refractivity (Wildman–Crippen MR) is 87.1 cm³/mol. The van der Waals surface area contributed by atoms with Crippen LogP contribution in [-0.4, -0.2) is 20.4 Å². The Bertz CT molecular complexity index is 588. The second-order valence-corrected chi connectivity index (χ2v) is 5.63. The molecular formula is C16H18ClNOS. The molecule has 0 saturated carbocycles. The van der Waals surface area contributed by atoms with E-state index in [4.69, 9.17) is 16.3 Å². The van der Waals surface area contributed by atoms with Gasteiger partial charge in [-0.3, -0.25) is 0 Å². The first-order valence-corrected chi connectivity index (χ1v) is 7.95. The lowest BCUT2D eigenvalue weighted by atomic mass is 9.98. The van der Waals surface area contributed by atoms with Gasteiger partial charge in [0.2, 0.25) is 0 Å². The Balaban J connectivity index is 2.55. The molecule has 0 fully saturated rings. The molecule has 1 atom stereocenters. The van der Waals surface area contributed by atoms with Crippen LogP contribution in [0.25, 0.3) is 0 Å². The van der Waals surface area contributed by atoms with Crippen LogP contribution in [0.5, 0.6) is 5.75 Å². The van der Waals surface area contributed by atoms with Crippen LogP contribution < -0.4 is 10.1 Å². The van der Waals surface area contributed by atoms with Gasteiger partial charge in [0.05, 0.1) is 13.2 Å². The average Bonchev–Trinajstić information content (AvgIpc) is 2.49. The van der Waals surface area contributed by atoms with Gasteiger partial charge in [0.25, 0.3) is 0 Å². The van der Waals surface area contributed by atoms with Crippen molar-refractivity contribution in [2.45, 2.75) is 10.9 Å². The first-order valence-electron chi connectivity index (χ1n) is 6.35. The molecular weight excluding hydrogens is 290 g/mol. The van der Waals surface area contributed by atoms with E-state index in [1.165, 1.54) is 10.5 Å². The van der Waals surface area contributed by atoms with Gasteiger partial charge in [0.15, 0.2) is 0 Å². The fourth-order valence-corrected chi connectivity index (χ4v) is 3.13. The molecule has 0 aliphatic heterocycles. The summed E-state index contributed by atoms with van der Waals surface area (Å²) in [6.07, 6.45) is 2.08. The molecule has 2 aromatic carbocycles. The highest BCUT2D eigenvalue weighted by Gasteiger charge is 2.19. The molecule has 0 aromatic heterocycles. The number of thioether (sulfide) groups is 1. The zero-order chi connectivity index (χ0) is 14.5. The van der Waals surface area contributed by atoms with E-state index >= 15 is 0 Å². The van der Waals surface area contributed by atoms with E-state index in [-0.39, 0.29) is 6.04 Å². The minimum Gasteiger partial charge on any atom is -0.496 e. The number of benzene rings is 2. The van der Waals surface area contributed by atoms with Crippen molar-refractivity contribution in [3.05, 3.63) is 58.6 Å². The third-order valence-corrected chi connectivity index (χ3v) is 4.29. The van der Waals surface area contributed by atoms with Gasteiger partial charge >= 0.3 is 0 Å². The van der Waals surface area contributed by atoms with Crippen LogP contribution in [0.3, 0.4) is 0 Å². The molecule has 0 heterocycles. The number of rotatable bonds is 5. The summed E-state index contributed by atoms with van der Waals surface area (Å²) in [5, 5.41) is 4.07. The second-order valence-electron chi connectivity index (χ2n) is 4.35. The van der Waals surface area contributed by atoms with Gasteiger partial charge < -0.3 is 10.1 Å². The van der Waals surface area contributed by atoms with Crippen molar-refractivity contribution < 1.29 is 4.74 Å². The Morgan fingerprint density at radius 2 is 1.90 bits per heavy atom. The molecule has 0 amide bonds. The summed E-state index contributed by atoms with van der Waals surface area (Å²) < 4.78 is 5.47. The Labute approximate surface area is 129 Å². The summed E-state index contributed by atoms with van der Waals surface area (Å²) in [5.41, 5.74) is 2.27. The Hall–Kier alpha value is -1.16. The monoisotopic (exact) mass is 307 g/mol. The SMILES string of the molecule is CNC(c1cc(Cl)ccc1OC)c1ccccc1SC. The quantitative estimate of drug-likeness (QED) is 0.828. The van der Waals surface area contributed by atoms with Crippen LogP contribution >= 0.6 is 23.4 Å². The predicted octanol–water partition coefficient (Wildman–Crippen LogP) is 4.38. The van der Waals surface area contributed by atoms with Gasteiger partial charge in [0, 0.05) is 15.5 Å². The highest BCUT2D eigenvalue weighted by atomic mass is 35.5. The smallest absolute Gasteiger partial charge is 0.124 e. The maximum atomic E-state index is 6.15. The van der Waals surface area contributed by atoms with Gasteiger partial charge in [-0.2, -0.15) is 0 Å². The van der Waals surface area contributed by atoms with Gasteiger partial charge in [-0.15, -0.1) is 11.8 Å². The van der Waals surface area contributed by atoms with E-state index in [2.05, 4.69) is 35.8 Å². The fraction of sp³-hybridized carbons (Fsp3) is 0.250. The van der Waals surface area contributed by atoms with Crippen LogP contribution in [0, 0.1) is 0 Å². The first-order chi connectivity index (χ1) is 9.71. The molecule has 2 aromatic rings. The topological polar surface area (TPSA) is 21.3 Å². The number of nitrogens with one attached hydrogen (secondary N) is 1. The lowest BCUT2D eigenvalue weighted by Crippen LogP contribution is -2.19. The molecule has 2 rings (SSSR count). The number of hydrogen-bond donors (Lipinski definition) is 1. The van der Waals surface area contributed by atoms with E-state index in [0.717, 1.165) is 11.3 Å². The lowest BCUT2D eigenvalue weighted by Gasteiger charge is -2.22. The van der Waals surface area contributed by atoms with Crippen molar-refractivity contribution in [2.75, 3.05) is 20.4 Å². The molecule has 106 valence electrons. The third-order valence-electron chi connectivity index (χ3n) is 3.24. The number of ether oxygens (including phenoxy) is 1. The minimum absolute atomic E-state index is 0.0484. The number of methoxy groups -OCH3 is 1. The summed E-state index contributed by atoms with van der Waals surface area (Å²) in [6, 6.07) is 14.1. The summed E-state index contributed by atoms with van der Waals surface area (Å²) in [5.74, 6) is 0.838. The van der Waals surface area contributed by atoms with Crippen molar-refractivity contribution in [1.82, 2.24) is 5.32 Å². The van der Waals surface area contributed by atoms with Gasteiger partial charge in [-0.1, -0.05) is 29.8 Å². The Kier molecular flexibility index (Phi) is 5.35. The third kappa shape index (κ3) is 3.11. The van der Waals surface area contributed by atoms with Gasteiger partial charge in [-0.05, 0) is 43.1 Å². The van der Waals surface area contributed by atoms with Crippen LogP contribution in [0.15, 0.2) is 47.4 Å². The molecule has 0 bridgehead atoms. The Morgan fingerprint density at radius 1 is 1.15 bits per heavy atom. The summed E-state index contributed by atoms with van der Waals surface area (Å²) in [4.78, 5) is 1.24. The van der Waals surface area contributed by atoms with Crippen molar-refractivity contribution in [2.24, 2.45) is 0 Å². The van der Waals surface area contributed by atoms with Gasteiger partial charge in [-0.25, -0.2) is 0 Å². The maximum Gasteiger partial charge on any atom is 0.124 e. The van der Waals surface area contributed by atoms with E-state index < -0.39 is 0 Å². The summed E-state index contributed by atoms with van der Waals surface area (Å²) in [7, 11) is 3.63. The van der Waals surface area contributed by atoms with Crippen molar-refractivity contribution in [1.29, 1.82) is 0 Å². The molecule has 20 heavy (non-hydrogen) atoms. The van der Waals surface area contributed by atoms with Crippen LogP contribution in [-0.2, 0) is 0 Å². The second kappa shape index (κ2) is 7.02. The minimum atomic E-state index is 0.0484. The lowest BCUT2D eigenvalue weighted by molar-refractivity contribution is 0.405. The fourth-order valence-electron chi connectivity index (χ4n) is 2.31. The van der Waals surface area contributed by atoms with E-state index in [1.54, 1.807) is 18.9 Å².